The van der Waals surface area contributed by atoms with Crippen molar-refractivity contribution >= 4 is 17.8 Å². The second-order valence-electron chi connectivity index (χ2n) is 5.65. The summed E-state index contributed by atoms with van der Waals surface area (Å²) in [4.78, 5) is 38.1. The van der Waals surface area contributed by atoms with Crippen molar-refractivity contribution in [3.05, 3.63) is 83.4 Å². The normalized spacial score (nSPS) is 12.9. The van der Waals surface area contributed by atoms with Gasteiger partial charge in [-0.25, -0.2) is 4.79 Å². The molecule has 0 atom stereocenters. The minimum absolute atomic E-state index is 0.0893. The van der Waals surface area contributed by atoms with Gasteiger partial charge in [-0.05, 0) is 30.2 Å². The van der Waals surface area contributed by atoms with Gasteiger partial charge in [-0.2, -0.15) is 0 Å². The van der Waals surface area contributed by atoms with Gasteiger partial charge >= 0.3 is 5.97 Å². The maximum atomic E-state index is 12.6. The van der Waals surface area contributed by atoms with Gasteiger partial charge in [0.1, 0.15) is 6.61 Å². The average Bonchev–Trinajstić information content (AvgIpc) is 2.89. The van der Waals surface area contributed by atoms with Gasteiger partial charge < -0.3 is 4.74 Å². The predicted octanol–water partition coefficient (Wildman–Crippen LogP) is 2.87. The van der Waals surface area contributed by atoms with Crippen LogP contribution in [0.5, 0.6) is 0 Å². The van der Waals surface area contributed by atoms with Gasteiger partial charge in [0.15, 0.2) is 0 Å². The molecule has 0 aliphatic carbocycles. The number of rotatable bonds is 6. The van der Waals surface area contributed by atoms with Crippen molar-refractivity contribution in [3.8, 4) is 0 Å². The Morgan fingerprint density at radius 1 is 1.04 bits per heavy atom. The van der Waals surface area contributed by atoms with Gasteiger partial charge in [0.2, 0.25) is 0 Å². The van der Waals surface area contributed by atoms with Crippen molar-refractivity contribution < 1.29 is 19.1 Å². The number of nitrogens with zero attached hydrogens (tertiary/aromatic N) is 1. The van der Waals surface area contributed by atoms with Gasteiger partial charge in [-0.3, -0.25) is 14.5 Å². The molecule has 3 rings (SSSR count). The lowest BCUT2D eigenvalue weighted by Crippen LogP contribution is -2.31. The third-order valence-corrected chi connectivity index (χ3v) is 4.01. The Labute approximate surface area is 145 Å². The Bertz CT molecular complexity index is 842. The van der Waals surface area contributed by atoms with Crippen LogP contribution in [-0.4, -0.2) is 35.8 Å². The number of ether oxygens (including phenoxy) is 1. The maximum absolute atomic E-state index is 12.6. The molecule has 5 heteroatoms. The van der Waals surface area contributed by atoms with Crippen LogP contribution in [0.1, 0.15) is 36.6 Å². The molecular formula is C20H17NO4. The first-order valence-corrected chi connectivity index (χ1v) is 7.94. The zero-order valence-electron chi connectivity index (χ0n) is 13.6. The van der Waals surface area contributed by atoms with Crippen LogP contribution in [0, 0.1) is 0 Å². The van der Waals surface area contributed by atoms with Crippen molar-refractivity contribution in [2.45, 2.75) is 6.42 Å². The summed E-state index contributed by atoms with van der Waals surface area (Å²) in [5.41, 5.74) is 1.85. The lowest BCUT2D eigenvalue weighted by atomic mass is 10.1. The second kappa shape index (κ2) is 7.13. The minimum Gasteiger partial charge on any atom is -0.458 e. The van der Waals surface area contributed by atoms with Crippen LogP contribution in [0.25, 0.3) is 0 Å². The Morgan fingerprint density at radius 2 is 1.76 bits per heavy atom. The van der Waals surface area contributed by atoms with Crippen LogP contribution >= 0.6 is 0 Å². The molecule has 0 aromatic heterocycles. The van der Waals surface area contributed by atoms with Crippen LogP contribution in [-0.2, 0) is 11.2 Å². The first kappa shape index (κ1) is 16.6. The van der Waals surface area contributed by atoms with Crippen molar-refractivity contribution in [2.24, 2.45) is 0 Å². The highest BCUT2D eigenvalue weighted by atomic mass is 16.5. The number of hydrogen-bond acceptors (Lipinski definition) is 4. The fraction of sp³-hybridized carbons (Fsp3) is 0.150. The first-order valence-electron chi connectivity index (χ1n) is 7.94. The number of carbonyl (C=O) groups excluding carboxylic acids is 3. The molecule has 0 radical (unpaired) electrons. The smallest absolute Gasteiger partial charge is 0.338 e. The molecule has 0 saturated carbocycles. The van der Waals surface area contributed by atoms with E-state index < -0.39 is 5.97 Å². The molecule has 5 nitrogen and oxygen atoms in total. The Hall–Kier alpha value is -3.21. The van der Waals surface area contributed by atoms with E-state index >= 15 is 0 Å². The van der Waals surface area contributed by atoms with Crippen LogP contribution in [0.2, 0.25) is 0 Å². The van der Waals surface area contributed by atoms with Gasteiger partial charge in [0.05, 0.1) is 16.7 Å². The molecule has 1 aliphatic heterocycles. The number of imide groups is 1. The highest BCUT2D eigenvalue weighted by Crippen LogP contribution is 2.24. The summed E-state index contributed by atoms with van der Waals surface area (Å²) in [5.74, 6) is -1.26. The van der Waals surface area contributed by atoms with Crippen molar-refractivity contribution in [2.75, 3.05) is 13.2 Å². The molecule has 1 aliphatic rings. The Kier molecular flexibility index (Phi) is 4.75. The number of amides is 2. The van der Waals surface area contributed by atoms with Crippen LogP contribution in [0.3, 0.4) is 0 Å². The highest BCUT2D eigenvalue weighted by Gasteiger charge is 2.35. The summed E-state index contributed by atoms with van der Waals surface area (Å²) >= 11 is 0. The van der Waals surface area contributed by atoms with Gasteiger partial charge in [-0.1, -0.05) is 43.0 Å². The first-order chi connectivity index (χ1) is 12.1. The van der Waals surface area contributed by atoms with Gasteiger partial charge in [0, 0.05) is 6.54 Å². The number of esters is 1. The molecule has 0 spiro atoms. The highest BCUT2D eigenvalue weighted by molar-refractivity contribution is 6.21. The summed E-state index contributed by atoms with van der Waals surface area (Å²) in [5, 5.41) is 0. The molecule has 0 N–H and O–H groups in total. The lowest BCUT2D eigenvalue weighted by Gasteiger charge is -2.13. The molecule has 1 heterocycles. The standard InChI is InChI=1S/C20H17NO4/c1-2-12-25-20(24)15-8-9-16-17(13-15)19(23)21(18(16)22)11-10-14-6-4-3-5-7-14/h2-9,13H,1,10-12H2. The Balaban J connectivity index is 1.77. The van der Waals surface area contributed by atoms with E-state index in [1.807, 2.05) is 30.3 Å². The average molecular weight is 335 g/mol. The molecule has 0 bridgehead atoms. The van der Waals surface area contributed by atoms with E-state index in [0.29, 0.717) is 18.5 Å². The monoisotopic (exact) mass is 335 g/mol. The van der Waals surface area contributed by atoms with E-state index in [9.17, 15) is 14.4 Å². The van der Waals surface area contributed by atoms with E-state index in [-0.39, 0.29) is 29.5 Å². The summed E-state index contributed by atoms with van der Waals surface area (Å²) in [6.07, 6.45) is 2.05. The molecule has 2 aromatic carbocycles. The lowest BCUT2D eigenvalue weighted by molar-refractivity contribution is 0.0549. The third kappa shape index (κ3) is 3.35. The van der Waals surface area contributed by atoms with E-state index in [1.54, 1.807) is 0 Å². The third-order valence-electron chi connectivity index (χ3n) is 4.01. The van der Waals surface area contributed by atoms with Crippen molar-refractivity contribution in [3.63, 3.8) is 0 Å². The van der Waals surface area contributed by atoms with E-state index in [1.165, 1.54) is 29.2 Å². The van der Waals surface area contributed by atoms with Crippen LogP contribution < -0.4 is 0 Å². The number of carbonyl (C=O) groups is 3. The number of benzene rings is 2. The molecule has 126 valence electrons. The Morgan fingerprint density at radius 3 is 2.48 bits per heavy atom. The second-order valence-corrected chi connectivity index (χ2v) is 5.65. The van der Waals surface area contributed by atoms with Crippen molar-refractivity contribution in [1.82, 2.24) is 4.90 Å². The van der Waals surface area contributed by atoms with E-state index in [4.69, 9.17) is 4.74 Å². The van der Waals surface area contributed by atoms with E-state index in [0.717, 1.165) is 5.56 Å². The SMILES string of the molecule is C=CCOC(=O)c1ccc2c(c1)C(=O)N(CCc1ccccc1)C2=O. The van der Waals surface area contributed by atoms with E-state index in [2.05, 4.69) is 6.58 Å². The molecular weight excluding hydrogens is 318 g/mol. The topological polar surface area (TPSA) is 63.7 Å². The van der Waals surface area contributed by atoms with Gasteiger partial charge in [-0.15, -0.1) is 0 Å². The van der Waals surface area contributed by atoms with Gasteiger partial charge in [0.25, 0.3) is 11.8 Å². The summed E-state index contributed by atoms with van der Waals surface area (Å²) in [6, 6.07) is 14.1. The summed E-state index contributed by atoms with van der Waals surface area (Å²) in [6.45, 7) is 3.87. The fourth-order valence-corrected chi connectivity index (χ4v) is 2.72. The minimum atomic E-state index is -0.550. The molecule has 25 heavy (non-hydrogen) atoms. The molecule has 0 fully saturated rings. The molecule has 2 amide bonds. The zero-order valence-corrected chi connectivity index (χ0v) is 13.6. The zero-order chi connectivity index (χ0) is 17.8. The number of fused-ring (bicyclic) bond motifs is 1. The van der Waals surface area contributed by atoms with Crippen molar-refractivity contribution in [1.29, 1.82) is 0 Å². The molecule has 0 unspecified atom stereocenters. The summed E-state index contributed by atoms with van der Waals surface area (Å²) < 4.78 is 4.96. The maximum Gasteiger partial charge on any atom is 0.338 e. The number of hydrogen-bond donors (Lipinski definition) is 0. The van der Waals surface area contributed by atoms with Crippen LogP contribution in [0.15, 0.2) is 61.2 Å². The molecule has 2 aromatic rings. The fourth-order valence-electron chi connectivity index (χ4n) is 2.72. The largest absolute Gasteiger partial charge is 0.458 e. The predicted molar refractivity (Wildman–Crippen MR) is 92.4 cm³/mol. The molecule has 0 saturated heterocycles. The van der Waals surface area contributed by atoms with Crippen LogP contribution in [0.4, 0.5) is 0 Å². The quantitative estimate of drug-likeness (QED) is 0.463. The summed E-state index contributed by atoms with van der Waals surface area (Å²) in [7, 11) is 0.